The highest BCUT2D eigenvalue weighted by Crippen LogP contribution is 2.05. The third kappa shape index (κ3) is 3.18. The molecule has 2 rings (SSSR count). The molecule has 2 aromatic heterocycles. The Bertz CT molecular complexity index is 617. The number of aromatic nitrogens is 4. The van der Waals surface area contributed by atoms with Crippen LogP contribution in [0, 0.1) is 0 Å². The van der Waals surface area contributed by atoms with Crippen LogP contribution in [0.15, 0.2) is 17.4 Å². The van der Waals surface area contributed by atoms with Gasteiger partial charge in [0.05, 0.1) is 25.7 Å². The van der Waals surface area contributed by atoms with Gasteiger partial charge in [-0.3, -0.25) is 9.59 Å². The van der Waals surface area contributed by atoms with Crippen LogP contribution in [0.4, 0.5) is 0 Å². The number of aromatic amines is 1. The molecule has 0 fully saturated rings. The number of nitrogens with zero attached hydrogens (tertiary/aromatic N) is 3. The molecule has 0 aliphatic heterocycles. The number of carbonyl (C=O) groups excluding carboxylic acids is 1. The van der Waals surface area contributed by atoms with Gasteiger partial charge in [-0.05, 0) is 6.42 Å². The predicted molar refractivity (Wildman–Crippen MR) is 68.6 cm³/mol. The highest BCUT2D eigenvalue weighted by atomic mass is 16.5. The Kier molecular flexibility index (Phi) is 4.27. The van der Waals surface area contributed by atoms with Gasteiger partial charge in [-0.25, -0.2) is 9.97 Å². The molecule has 2 heterocycles. The van der Waals surface area contributed by atoms with Gasteiger partial charge in [-0.1, -0.05) is 13.3 Å². The second-order valence-electron chi connectivity index (χ2n) is 4.17. The minimum Gasteiger partial charge on any atom is -0.466 e. The number of unbranched alkanes of at least 4 members (excludes halogenated alkanes) is 1. The number of carbonyl (C=O) groups is 1. The van der Waals surface area contributed by atoms with Crippen molar-refractivity contribution in [2.75, 3.05) is 6.61 Å². The molecule has 7 nitrogen and oxygen atoms in total. The van der Waals surface area contributed by atoms with Crippen molar-refractivity contribution in [2.24, 2.45) is 0 Å². The molecular formula is C12H16N4O3. The number of fused-ring (bicyclic) bond motifs is 1. The van der Waals surface area contributed by atoms with Crippen molar-refractivity contribution in [3.05, 3.63) is 23.0 Å². The SMILES string of the molecule is CCCCOC(=O)CCn1cnc2nc[nH]c(=O)c21. The Labute approximate surface area is 109 Å². The van der Waals surface area contributed by atoms with Gasteiger partial charge in [0, 0.05) is 6.54 Å². The summed E-state index contributed by atoms with van der Waals surface area (Å²) >= 11 is 0. The molecule has 0 amide bonds. The molecule has 2 aromatic rings. The molecule has 0 aliphatic rings. The summed E-state index contributed by atoms with van der Waals surface area (Å²) in [6.45, 7) is 2.84. The van der Waals surface area contributed by atoms with E-state index >= 15 is 0 Å². The topological polar surface area (TPSA) is 89.9 Å². The summed E-state index contributed by atoms with van der Waals surface area (Å²) < 4.78 is 6.66. The van der Waals surface area contributed by atoms with E-state index < -0.39 is 0 Å². The first-order valence-electron chi connectivity index (χ1n) is 6.26. The standard InChI is InChI=1S/C12H16N4O3/c1-2-3-6-19-9(17)4-5-16-8-15-11-10(16)12(18)14-7-13-11/h7-8H,2-6H2,1H3,(H,13,14,18). The molecule has 19 heavy (non-hydrogen) atoms. The third-order valence-electron chi connectivity index (χ3n) is 2.73. The Balaban J connectivity index is 1.98. The van der Waals surface area contributed by atoms with Crippen molar-refractivity contribution < 1.29 is 9.53 Å². The zero-order valence-electron chi connectivity index (χ0n) is 10.8. The van der Waals surface area contributed by atoms with E-state index in [9.17, 15) is 9.59 Å². The lowest BCUT2D eigenvalue weighted by Crippen LogP contribution is -2.14. The molecule has 0 bridgehead atoms. The number of H-pyrrole nitrogens is 1. The normalized spacial score (nSPS) is 10.8. The summed E-state index contributed by atoms with van der Waals surface area (Å²) in [6.07, 6.45) is 4.88. The lowest BCUT2D eigenvalue weighted by atomic mass is 10.3. The fourth-order valence-electron chi connectivity index (χ4n) is 1.70. The van der Waals surface area contributed by atoms with Crippen molar-refractivity contribution in [2.45, 2.75) is 32.7 Å². The van der Waals surface area contributed by atoms with Crippen LogP contribution in [0.2, 0.25) is 0 Å². The Hall–Kier alpha value is -2.18. The number of aryl methyl sites for hydroxylation is 1. The summed E-state index contributed by atoms with van der Waals surface area (Å²) in [5, 5.41) is 0. The number of esters is 1. The van der Waals surface area contributed by atoms with Gasteiger partial charge in [0.15, 0.2) is 11.2 Å². The van der Waals surface area contributed by atoms with E-state index in [1.807, 2.05) is 6.92 Å². The zero-order chi connectivity index (χ0) is 13.7. The minimum absolute atomic E-state index is 0.212. The van der Waals surface area contributed by atoms with E-state index in [1.54, 1.807) is 4.57 Å². The highest BCUT2D eigenvalue weighted by Gasteiger charge is 2.09. The first kappa shape index (κ1) is 13.3. The maximum Gasteiger partial charge on any atom is 0.307 e. The highest BCUT2D eigenvalue weighted by molar-refractivity contribution is 5.71. The fraction of sp³-hybridized carbons (Fsp3) is 0.500. The lowest BCUT2D eigenvalue weighted by molar-refractivity contribution is -0.144. The van der Waals surface area contributed by atoms with E-state index in [4.69, 9.17) is 4.74 Å². The van der Waals surface area contributed by atoms with Gasteiger partial charge < -0.3 is 14.3 Å². The van der Waals surface area contributed by atoms with Crippen LogP contribution in [-0.2, 0) is 16.1 Å². The molecule has 1 N–H and O–H groups in total. The lowest BCUT2D eigenvalue weighted by Gasteiger charge is -2.04. The van der Waals surface area contributed by atoms with Gasteiger partial charge in [0.1, 0.15) is 0 Å². The van der Waals surface area contributed by atoms with Crippen molar-refractivity contribution in [1.82, 2.24) is 19.5 Å². The molecule has 102 valence electrons. The van der Waals surface area contributed by atoms with Crippen LogP contribution in [0.5, 0.6) is 0 Å². The van der Waals surface area contributed by atoms with Crippen LogP contribution in [-0.4, -0.2) is 32.1 Å². The van der Waals surface area contributed by atoms with Gasteiger partial charge in [-0.2, -0.15) is 0 Å². The molecule has 0 aliphatic carbocycles. The van der Waals surface area contributed by atoms with Crippen LogP contribution in [0.25, 0.3) is 11.2 Å². The number of imidazole rings is 1. The first-order valence-corrected chi connectivity index (χ1v) is 6.26. The molecule has 0 atom stereocenters. The molecule has 0 aromatic carbocycles. The molecule has 0 unspecified atom stereocenters. The number of rotatable bonds is 6. The Morgan fingerprint density at radius 1 is 1.47 bits per heavy atom. The summed E-state index contributed by atoms with van der Waals surface area (Å²) in [7, 11) is 0. The summed E-state index contributed by atoms with van der Waals surface area (Å²) in [4.78, 5) is 33.6. The zero-order valence-corrected chi connectivity index (χ0v) is 10.8. The van der Waals surface area contributed by atoms with Gasteiger partial charge >= 0.3 is 5.97 Å². The number of hydrogen-bond acceptors (Lipinski definition) is 5. The molecular weight excluding hydrogens is 248 g/mol. The summed E-state index contributed by atoms with van der Waals surface area (Å²) in [5.41, 5.74) is 0.494. The van der Waals surface area contributed by atoms with Crippen LogP contribution < -0.4 is 5.56 Å². The second-order valence-corrected chi connectivity index (χ2v) is 4.17. The van der Waals surface area contributed by atoms with E-state index in [0.717, 1.165) is 12.8 Å². The van der Waals surface area contributed by atoms with E-state index in [-0.39, 0.29) is 17.9 Å². The van der Waals surface area contributed by atoms with E-state index in [2.05, 4.69) is 15.0 Å². The maximum atomic E-state index is 11.6. The average molecular weight is 264 g/mol. The molecule has 0 saturated heterocycles. The second kappa shape index (κ2) is 6.12. The largest absolute Gasteiger partial charge is 0.466 e. The summed E-state index contributed by atoms with van der Waals surface area (Å²) in [5.74, 6) is -0.268. The van der Waals surface area contributed by atoms with Gasteiger partial charge in [0.25, 0.3) is 5.56 Å². The quantitative estimate of drug-likeness (QED) is 0.617. The fourth-order valence-corrected chi connectivity index (χ4v) is 1.70. The van der Waals surface area contributed by atoms with Crippen molar-refractivity contribution in [3.8, 4) is 0 Å². The Morgan fingerprint density at radius 3 is 3.11 bits per heavy atom. The van der Waals surface area contributed by atoms with Gasteiger partial charge in [-0.15, -0.1) is 0 Å². The average Bonchev–Trinajstić information content (AvgIpc) is 2.81. The Morgan fingerprint density at radius 2 is 2.32 bits per heavy atom. The van der Waals surface area contributed by atoms with Crippen molar-refractivity contribution in [3.63, 3.8) is 0 Å². The van der Waals surface area contributed by atoms with E-state index in [0.29, 0.717) is 24.3 Å². The monoisotopic (exact) mass is 264 g/mol. The number of ether oxygens (including phenoxy) is 1. The van der Waals surface area contributed by atoms with Crippen LogP contribution in [0.1, 0.15) is 26.2 Å². The molecule has 0 saturated carbocycles. The van der Waals surface area contributed by atoms with Gasteiger partial charge in [0.2, 0.25) is 0 Å². The van der Waals surface area contributed by atoms with Crippen molar-refractivity contribution >= 4 is 17.1 Å². The van der Waals surface area contributed by atoms with E-state index in [1.165, 1.54) is 12.7 Å². The smallest absolute Gasteiger partial charge is 0.307 e. The number of hydrogen-bond donors (Lipinski definition) is 1. The maximum absolute atomic E-state index is 11.6. The molecule has 0 radical (unpaired) electrons. The number of nitrogens with one attached hydrogen (secondary N) is 1. The minimum atomic E-state index is -0.268. The van der Waals surface area contributed by atoms with Crippen LogP contribution in [0.3, 0.4) is 0 Å². The molecule has 0 spiro atoms. The molecule has 7 heteroatoms. The summed E-state index contributed by atoms with van der Waals surface area (Å²) in [6, 6.07) is 0. The first-order chi connectivity index (χ1) is 9.22. The third-order valence-corrected chi connectivity index (χ3v) is 2.73. The van der Waals surface area contributed by atoms with Crippen LogP contribution >= 0.6 is 0 Å². The van der Waals surface area contributed by atoms with Crippen molar-refractivity contribution in [1.29, 1.82) is 0 Å². The predicted octanol–water partition coefficient (Wildman–Crippen LogP) is 0.853.